The van der Waals surface area contributed by atoms with E-state index in [1.807, 2.05) is 28.9 Å². The summed E-state index contributed by atoms with van der Waals surface area (Å²) in [4.78, 5) is 4.86. The van der Waals surface area contributed by atoms with Gasteiger partial charge in [0.1, 0.15) is 0 Å². The van der Waals surface area contributed by atoms with Crippen molar-refractivity contribution in [3.05, 3.63) is 41.2 Å². The second kappa shape index (κ2) is 7.99. The van der Waals surface area contributed by atoms with E-state index in [9.17, 15) is 0 Å². The molecule has 0 N–H and O–H groups in total. The first-order valence-electron chi connectivity index (χ1n) is 8.47. The van der Waals surface area contributed by atoms with Crippen LogP contribution in [0.15, 0.2) is 24.3 Å². The molecule has 126 valence electrons. The Morgan fingerprint density at radius 2 is 1.71 bits per heavy atom. The number of nitriles is 1. The molecular weight excluding hydrogens is 302 g/mol. The fourth-order valence-corrected chi connectivity index (χ4v) is 2.97. The number of piperazine rings is 1. The zero-order valence-corrected chi connectivity index (χ0v) is 14.1. The molecule has 1 saturated heterocycles. The lowest BCUT2D eigenvalue weighted by Crippen LogP contribution is -2.45. The molecule has 1 aromatic heterocycles. The number of aryl methyl sites for hydroxylation is 1. The van der Waals surface area contributed by atoms with Gasteiger partial charge in [0.2, 0.25) is 0 Å². The minimum atomic E-state index is 0.716. The molecule has 0 spiro atoms. The Balaban J connectivity index is 1.48. The first-order chi connectivity index (χ1) is 11.8. The standard InChI is InChI=1S/C17H23N7/c1-2-7-24-17(19-20-21-24)14-23-10-8-22(9-11-23)13-16-5-3-15(12-18)4-6-16/h3-6H,2,7-11,13-14H2,1H3. The van der Waals surface area contributed by atoms with E-state index < -0.39 is 0 Å². The van der Waals surface area contributed by atoms with Crippen LogP contribution >= 0.6 is 0 Å². The van der Waals surface area contributed by atoms with E-state index in [1.54, 1.807) is 0 Å². The van der Waals surface area contributed by atoms with Crippen molar-refractivity contribution < 1.29 is 0 Å². The Morgan fingerprint density at radius 3 is 2.33 bits per heavy atom. The Bertz CT molecular complexity index is 678. The van der Waals surface area contributed by atoms with Crippen LogP contribution in [0.3, 0.4) is 0 Å². The second-order valence-electron chi connectivity index (χ2n) is 6.18. The lowest BCUT2D eigenvalue weighted by molar-refractivity contribution is 0.118. The molecule has 1 aliphatic heterocycles. The summed E-state index contributed by atoms with van der Waals surface area (Å²) in [6, 6.07) is 10.0. The molecule has 2 heterocycles. The van der Waals surface area contributed by atoms with Crippen LogP contribution in [0.4, 0.5) is 0 Å². The SMILES string of the molecule is CCCn1nnnc1CN1CCN(Cc2ccc(C#N)cc2)CC1. The minimum absolute atomic E-state index is 0.716. The third-order valence-electron chi connectivity index (χ3n) is 4.36. The van der Waals surface area contributed by atoms with E-state index >= 15 is 0 Å². The monoisotopic (exact) mass is 325 g/mol. The van der Waals surface area contributed by atoms with Gasteiger partial charge in [-0.1, -0.05) is 19.1 Å². The van der Waals surface area contributed by atoms with E-state index in [-0.39, 0.29) is 0 Å². The van der Waals surface area contributed by atoms with Crippen LogP contribution in [-0.2, 0) is 19.6 Å². The van der Waals surface area contributed by atoms with Crippen molar-refractivity contribution in [2.45, 2.75) is 33.0 Å². The number of aromatic nitrogens is 4. The smallest absolute Gasteiger partial charge is 0.165 e. The second-order valence-corrected chi connectivity index (χ2v) is 6.18. The molecule has 24 heavy (non-hydrogen) atoms. The number of hydrogen-bond donors (Lipinski definition) is 0. The highest BCUT2D eigenvalue weighted by atomic mass is 15.5. The van der Waals surface area contributed by atoms with E-state index in [2.05, 4.69) is 38.3 Å². The van der Waals surface area contributed by atoms with Gasteiger partial charge in [-0.3, -0.25) is 9.80 Å². The highest BCUT2D eigenvalue weighted by molar-refractivity contribution is 5.31. The summed E-state index contributed by atoms with van der Waals surface area (Å²) in [5.41, 5.74) is 1.97. The van der Waals surface area contributed by atoms with Crippen LogP contribution in [-0.4, -0.2) is 56.2 Å². The van der Waals surface area contributed by atoms with Gasteiger partial charge in [0, 0.05) is 39.3 Å². The van der Waals surface area contributed by atoms with Crippen LogP contribution < -0.4 is 0 Å². The summed E-state index contributed by atoms with van der Waals surface area (Å²) >= 11 is 0. The Kier molecular flexibility index (Phi) is 5.51. The van der Waals surface area contributed by atoms with Gasteiger partial charge in [0.15, 0.2) is 5.82 Å². The van der Waals surface area contributed by atoms with Gasteiger partial charge in [0.25, 0.3) is 0 Å². The predicted octanol–water partition coefficient (Wildman–Crippen LogP) is 1.27. The van der Waals surface area contributed by atoms with Crippen LogP contribution in [0.1, 0.15) is 30.3 Å². The molecule has 0 saturated carbocycles. The van der Waals surface area contributed by atoms with Gasteiger partial charge >= 0.3 is 0 Å². The first-order valence-corrected chi connectivity index (χ1v) is 8.47. The van der Waals surface area contributed by atoms with Gasteiger partial charge in [0.05, 0.1) is 18.2 Å². The predicted molar refractivity (Wildman–Crippen MR) is 89.8 cm³/mol. The number of rotatable bonds is 6. The van der Waals surface area contributed by atoms with Crippen molar-refractivity contribution in [3.8, 4) is 6.07 Å². The fourth-order valence-electron chi connectivity index (χ4n) is 2.97. The van der Waals surface area contributed by atoms with Gasteiger partial charge in [-0.05, 0) is 34.5 Å². The molecule has 7 nitrogen and oxygen atoms in total. The van der Waals surface area contributed by atoms with E-state index in [1.165, 1.54) is 5.56 Å². The van der Waals surface area contributed by atoms with Crippen LogP contribution in [0.25, 0.3) is 0 Å². The summed E-state index contributed by atoms with van der Waals surface area (Å²) in [7, 11) is 0. The van der Waals surface area contributed by atoms with Crippen LogP contribution in [0.2, 0.25) is 0 Å². The number of nitrogens with zero attached hydrogens (tertiary/aromatic N) is 7. The zero-order chi connectivity index (χ0) is 16.8. The van der Waals surface area contributed by atoms with Gasteiger partial charge in [-0.2, -0.15) is 5.26 Å². The molecule has 0 radical (unpaired) electrons. The molecule has 0 aliphatic carbocycles. The largest absolute Gasteiger partial charge is 0.297 e. The summed E-state index contributed by atoms with van der Waals surface area (Å²) in [5.74, 6) is 0.956. The van der Waals surface area contributed by atoms with Crippen LogP contribution in [0, 0.1) is 11.3 Å². The average molecular weight is 325 g/mol. The highest BCUT2D eigenvalue weighted by Gasteiger charge is 2.19. The number of tetrazole rings is 1. The third kappa shape index (κ3) is 4.16. The number of hydrogen-bond acceptors (Lipinski definition) is 6. The fraction of sp³-hybridized carbons (Fsp3) is 0.529. The van der Waals surface area contributed by atoms with Crippen molar-refractivity contribution in [2.24, 2.45) is 0 Å². The summed E-state index contributed by atoms with van der Waals surface area (Å²) < 4.78 is 1.91. The lowest BCUT2D eigenvalue weighted by atomic mass is 10.1. The molecule has 0 unspecified atom stereocenters. The molecule has 2 aromatic rings. The van der Waals surface area contributed by atoms with E-state index in [4.69, 9.17) is 5.26 Å². The van der Waals surface area contributed by atoms with Gasteiger partial charge in [-0.15, -0.1) is 5.10 Å². The number of benzene rings is 1. The highest BCUT2D eigenvalue weighted by Crippen LogP contribution is 2.11. The molecule has 1 aliphatic rings. The van der Waals surface area contributed by atoms with Gasteiger partial charge < -0.3 is 0 Å². The third-order valence-corrected chi connectivity index (χ3v) is 4.36. The molecule has 1 aromatic carbocycles. The van der Waals surface area contributed by atoms with E-state index in [0.717, 1.165) is 58.1 Å². The molecule has 0 bridgehead atoms. The normalized spacial score (nSPS) is 16.2. The molecule has 1 fully saturated rings. The maximum Gasteiger partial charge on any atom is 0.165 e. The first kappa shape index (κ1) is 16.6. The summed E-state index contributed by atoms with van der Waals surface area (Å²) in [5, 5.41) is 20.9. The minimum Gasteiger partial charge on any atom is -0.297 e. The maximum absolute atomic E-state index is 8.86. The van der Waals surface area contributed by atoms with E-state index in [0.29, 0.717) is 5.56 Å². The average Bonchev–Trinajstić information content (AvgIpc) is 3.05. The molecule has 0 atom stereocenters. The van der Waals surface area contributed by atoms with Gasteiger partial charge in [-0.25, -0.2) is 4.68 Å². The van der Waals surface area contributed by atoms with Crippen molar-refractivity contribution in [1.82, 2.24) is 30.0 Å². The Hall–Kier alpha value is -2.30. The topological polar surface area (TPSA) is 73.9 Å². The Morgan fingerprint density at radius 1 is 1.04 bits per heavy atom. The van der Waals surface area contributed by atoms with Crippen molar-refractivity contribution in [2.75, 3.05) is 26.2 Å². The molecular formula is C17H23N7. The molecule has 0 amide bonds. The van der Waals surface area contributed by atoms with Crippen molar-refractivity contribution in [1.29, 1.82) is 5.26 Å². The molecule has 7 heteroatoms. The quantitative estimate of drug-likeness (QED) is 0.796. The van der Waals surface area contributed by atoms with Crippen molar-refractivity contribution in [3.63, 3.8) is 0 Å². The summed E-state index contributed by atoms with van der Waals surface area (Å²) in [6.45, 7) is 8.88. The molecule has 3 rings (SSSR count). The zero-order valence-electron chi connectivity index (χ0n) is 14.1. The lowest BCUT2D eigenvalue weighted by Gasteiger charge is -2.34. The van der Waals surface area contributed by atoms with Crippen LogP contribution in [0.5, 0.6) is 0 Å². The maximum atomic E-state index is 8.86. The van der Waals surface area contributed by atoms with Crippen molar-refractivity contribution >= 4 is 0 Å². The Labute approximate surface area is 142 Å². The summed E-state index contributed by atoms with van der Waals surface area (Å²) in [6.07, 6.45) is 1.04.